The Hall–Kier alpha value is -4.46. The number of aromatic nitrogens is 2. The molecule has 4 aromatic rings. The number of hydrogen-bond donors (Lipinski definition) is 2. The fraction of sp³-hybridized carbons (Fsp3) is 0.0769. The predicted octanol–water partition coefficient (Wildman–Crippen LogP) is 5.14. The quantitative estimate of drug-likeness (QED) is 0.181. The van der Waals surface area contributed by atoms with Gasteiger partial charge >= 0.3 is 5.97 Å². The Morgan fingerprint density at radius 3 is 2.59 bits per heavy atom. The molecule has 9 nitrogen and oxygen atoms in total. The first-order valence-corrected chi connectivity index (χ1v) is 12.8. The van der Waals surface area contributed by atoms with Gasteiger partial charge in [0.25, 0.3) is 0 Å². The van der Waals surface area contributed by atoms with Crippen LogP contribution in [-0.2, 0) is 20.4 Å². The third-order valence-electron chi connectivity index (χ3n) is 5.55. The summed E-state index contributed by atoms with van der Waals surface area (Å²) in [6, 6.07) is 19.1. The van der Waals surface area contributed by atoms with Crippen LogP contribution in [0.5, 0.6) is 0 Å². The number of aromatic amines is 1. The summed E-state index contributed by atoms with van der Waals surface area (Å²) < 4.78 is 26.5. The fourth-order valence-corrected chi connectivity index (χ4v) is 5.61. The van der Waals surface area contributed by atoms with Crippen molar-refractivity contribution in [2.75, 3.05) is 5.01 Å². The van der Waals surface area contributed by atoms with Crippen molar-refractivity contribution in [2.24, 2.45) is 5.10 Å². The van der Waals surface area contributed by atoms with Crippen LogP contribution in [0.4, 0.5) is 5.95 Å². The zero-order valence-electron chi connectivity index (χ0n) is 19.5. The molecule has 0 atom stereocenters. The van der Waals surface area contributed by atoms with Crippen molar-refractivity contribution in [1.82, 2.24) is 9.97 Å². The Morgan fingerprint density at radius 1 is 1.24 bits per heavy atom. The summed E-state index contributed by atoms with van der Waals surface area (Å²) >= 11 is 6.34. The van der Waals surface area contributed by atoms with Crippen molar-refractivity contribution in [1.29, 1.82) is 5.26 Å². The second kappa shape index (κ2) is 10.3. The number of carboxylic acids is 1. The molecule has 0 aliphatic carbocycles. The third kappa shape index (κ3) is 5.38. The number of nitrogens with zero attached hydrogens (tertiary/aromatic N) is 4. The summed E-state index contributed by atoms with van der Waals surface area (Å²) in [7, 11) is -3.84. The monoisotopic (exact) mass is 533 g/mol. The number of carboxylic acid groups (broad SMARTS) is 1. The molecule has 0 aliphatic rings. The van der Waals surface area contributed by atoms with Crippen molar-refractivity contribution < 1.29 is 18.3 Å². The summed E-state index contributed by atoms with van der Waals surface area (Å²) in [6.45, 7) is 4.81. The Bertz CT molecular complexity index is 1700. The molecule has 0 saturated carbocycles. The van der Waals surface area contributed by atoms with Gasteiger partial charge in [-0.2, -0.15) is 10.4 Å². The number of rotatable bonds is 8. The molecule has 0 fully saturated rings. The van der Waals surface area contributed by atoms with Crippen molar-refractivity contribution in [3.05, 3.63) is 88.6 Å². The molecule has 37 heavy (non-hydrogen) atoms. The Kier molecular flexibility index (Phi) is 7.11. The zero-order chi connectivity index (χ0) is 26.7. The molecule has 11 heteroatoms. The van der Waals surface area contributed by atoms with Gasteiger partial charge in [-0.1, -0.05) is 54.1 Å². The zero-order valence-corrected chi connectivity index (χ0v) is 21.1. The molecule has 0 saturated heterocycles. The molecule has 4 rings (SSSR count). The van der Waals surface area contributed by atoms with Crippen LogP contribution < -0.4 is 5.01 Å². The van der Waals surface area contributed by atoms with Gasteiger partial charge in [0, 0.05) is 12.9 Å². The van der Waals surface area contributed by atoms with Crippen molar-refractivity contribution in [3.63, 3.8) is 0 Å². The molecule has 3 aromatic carbocycles. The number of H-pyrrole nitrogens is 1. The second-order valence-corrected chi connectivity index (χ2v) is 10.4. The lowest BCUT2D eigenvalue weighted by Gasteiger charge is -2.09. The van der Waals surface area contributed by atoms with Crippen molar-refractivity contribution >= 4 is 51.1 Å². The highest BCUT2D eigenvalue weighted by molar-refractivity contribution is 7.90. The van der Waals surface area contributed by atoms with Crippen LogP contribution in [-0.4, -0.2) is 36.2 Å². The summed E-state index contributed by atoms with van der Waals surface area (Å²) in [6.07, 6.45) is 1.23. The van der Waals surface area contributed by atoms with E-state index in [0.29, 0.717) is 22.2 Å². The summed E-state index contributed by atoms with van der Waals surface area (Å²) in [4.78, 5) is 18.3. The summed E-state index contributed by atoms with van der Waals surface area (Å²) in [5.74, 6) is -1.28. The van der Waals surface area contributed by atoms with Crippen molar-refractivity contribution in [2.45, 2.75) is 17.6 Å². The van der Waals surface area contributed by atoms with Gasteiger partial charge in [0.05, 0.1) is 43.9 Å². The molecule has 1 heterocycles. The van der Waals surface area contributed by atoms with E-state index in [4.69, 9.17) is 16.7 Å². The molecular formula is C26H20ClN5O4S. The normalized spacial score (nSPS) is 11.8. The Labute approximate surface area is 217 Å². The number of carbonyl (C=O) groups is 1. The van der Waals surface area contributed by atoms with E-state index in [9.17, 15) is 18.5 Å². The Balaban J connectivity index is 1.64. The molecular weight excluding hydrogens is 514 g/mol. The first kappa shape index (κ1) is 25.6. The molecule has 0 aliphatic heterocycles. The first-order chi connectivity index (χ1) is 17.6. The molecule has 0 bridgehead atoms. The largest absolute Gasteiger partial charge is 0.478 e. The van der Waals surface area contributed by atoms with E-state index in [0.717, 1.165) is 16.1 Å². The lowest BCUT2D eigenvalue weighted by molar-refractivity contribution is -0.132. The lowest BCUT2D eigenvalue weighted by atomic mass is 10.00. The minimum absolute atomic E-state index is 0.000452. The maximum Gasteiger partial charge on any atom is 0.332 e. The topological polar surface area (TPSA) is 140 Å². The van der Waals surface area contributed by atoms with E-state index in [2.05, 4.69) is 27.9 Å². The van der Waals surface area contributed by atoms with Gasteiger partial charge in [-0.25, -0.2) is 23.2 Å². The number of halogens is 1. The van der Waals surface area contributed by atoms with Gasteiger partial charge in [-0.15, -0.1) is 0 Å². The van der Waals surface area contributed by atoms with Crippen LogP contribution in [0.2, 0.25) is 5.02 Å². The number of aliphatic carboxylic acids is 1. The number of anilines is 1. The number of fused-ring (bicyclic) bond motifs is 1. The molecule has 0 radical (unpaired) electrons. The molecule has 2 N–H and O–H groups in total. The van der Waals surface area contributed by atoms with E-state index < -0.39 is 15.8 Å². The highest BCUT2D eigenvalue weighted by Gasteiger charge is 2.22. The SMILES string of the molecule is C=NN(/C=C(\C)C(=O)O)c1nc2cc(Cl)c(S(=O)(=O)Cc3ccc(-c4ccccc4C#N)cc3)cc2[nH]1. The van der Waals surface area contributed by atoms with Crippen LogP contribution in [0.25, 0.3) is 22.2 Å². The number of hydrazone groups is 1. The van der Waals surface area contributed by atoms with Gasteiger partial charge in [-0.05, 0) is 41.8 Å². The van der Waals surface area contributed by atoms with Gasteiger partial charge in [0.2, 0.25) is 5.95 Å². The minimum atomic E-state index is -3.84. The second-order valence-electron chi connectivity index (χ2n) is 8.08. The summed E-state index contributed by atoms with van der Waals surface area (Å²) in [5.41, 5.74) is 3.38. The van der Waals surface area contributed by atoms with Gasteiger partial charge < -0.3 is 10.1 Å². The molecule has 1 aromatic heterocycles. The average molecular weight is 534 g/mol. The van der Waals surface area contributed by atoms with E-state index in [1.165, 1.54) is 25.3 Å². The lowest BCUT2D eigenvalue weighted by Crippen LogP contribution is -2.11. The first-order valence-electron chi connectivity index (χ1n) is 10.8. The van der Waals surface area contributed by atoms with Crippen LogP contribution in [0.15, 0.2) is 82.4 Å². The van der Waals surface area contributed by atoms with Crippen LogP contribution in [0, 0.1) is 11.3 Å². The van der Waals surface area contributed by atoms with Gasteiger partial charge in [0.15, 0.2) is 9.84 Å². The predicted molar refractivity (Wildman–Crippen MR) is 142 cm³/mol. The Morgan fingerprint density at radius 2 is 1.95 bits per heavy atom. The number of nitrogens with one attached hydrogen (secondary N) is 1. The number of nitriles is 1. The highest BCUT2D eigenvalue weighted by atomic mass is 35.5. The van der Waals surface area contributed by atoms with Crippen LogP contribution >= 0.6 is 11.6 Å². The number of imidazole rings is 1. The maximum atomic E-state index is 13.3. The van der Waals surface area contributed by atoms with Gasteiger partial charge in [-0.3, -0.25) is 0 Å². The maximum absolute atomic E-state index is 13.3. The average Bonchev–Trinajstić information content (AvgIpc) is 3.29. The third-order valence-corrected chi connectivity index (χ3v) is 7.70. The number of benzene rings is 3. The molecule has 0 amide bonds. The van der Waals surface area contributed by atoms with E-state index >= 15 is 0 Å². The molecule has 0 spiro atoms. The van der Waals surface area contributed by atoms with E-state index in [1.54, 1.807) is 36.4 Å². The number of hydrogen-bond acceptors (Lipinski definition) is 7. The fourth-order valence-electron chi connectivity index (χ4n) is 3.66. The summed E-state index contributed by atoms with van der Waals surface area (Å²) in [5, 5.41) is 23.3. The standard InChI is InChI=1S/C26H20ClN5O4S/c1-16(25(33)34)14-32(29-2)26-30-22-11-21(27)24(12-23(22)31-26)37(35,36)15-17-7-9-18(10-8-17)20-6-4-3-5-19(20)13-28/h3-12,14H,2,15H2,1H3,(H,30,31)(H,33,34)/b16-14+. The van der Waals surface area contributed by atoms with Crippen LogP contribution in [0.1, 0.15) is 18.1 Å². The molecule has 186 valence electrons. The minimum Gasteiger partial charge on any atom is -0.478 e. The highest BCUT2D eigenvalue weighted by Crippen LogP contribution is 2.31. The van der Waals surface area contributed by atoms with E-state index in [1.807, 2.05) is 12.1 Å². The number of sulfone groups is 1. The van der Waals surface area contributed by atoms with Gasteiger partial charge in [0.1, 0.15) is 0 Å². The molecule has 0 unspecified atom stereocenters. The van der Waals surface area contributed by atoms with Crippen LogP contribution in [0.3, 0.4) is 0 Å². The van der Waals surface area contributed by atoms with Crippen molar-refractivity contribution in [3.8, 4) is 17.2 Å². The smallest absolute Gasteiger partial charge is 0.332 e. The van der Waals surface area contributed by atoms with E-state index in [-0.39, 0.29) is 27.2 Å².